The molecule has 5 N–H and O–H groups in total. The van der Waals surface area contributed by atoms with E-state index in [1.807, 2.05) is 0 Å². The van der Waals surface area contributed by atoms with Gasteiger partial charge in [0.2, 0.25) is 0 Å². The summed E-state index contributed by atoms with van der Waals surface area (Å²) in [5.41, 5.74) is 0. The lowest BCUT2D eigenvalue weighted by Gasteiger charge is -2.37. The van der Waals surface area contributed by atoms with Gasteiger partial charge in [0.15, 0.2) is 6.29 Å². The lowest BCUT2D eigenvalue weighted by atomic mass is 10.00. The molecule has 0 bridgehead atoms. The molecule has 1 radical (unpaired) electrons. The second-order valence-corrected chi connectivity index (χ2v) is 4.50. The molecule has 0 aromatic carbocycles. The van der Waals surface area contributed by atoms with Crippen molar-refractivity contribution in [1.29, 1.82) is 0 Å². The Balaban J connectivity index is 2.57. The van der Waals surface area contributed by atoms with Crippen LogP contribution in [0.15, 0.2) is 0 Å². The third-order valence-corrected chi connectivity index (χ3v) is 2.56. The molecule has 95 valence electrons. The molecule has 0 spiro atoms. The van der Waals surface area contributed by atoms with Crippen LogP contribution in [0, 0.1) is 0 Å². The molecule has 10 heteroatoms. The molecule has 1 heterocycles. The quantitative estimate of drug-likeness (QED) is 0.343. The van der Waals surface area contributed by atoms with Crippen LogP contribution in [0.5, 0.6) is 0 Å². The van der Waals surface area contributed by atoms with Gasteiger partial charge in [0.1, 0.15) is 24.4 Å². The van der Waals surface area contributed by atoms with E-state index in [1.165, 1.54) is 0 Å². The first kappa shape index (κ1) is 14.0. The van der Waals surface area contributed by atoms with Gasteiger partial charge in [0.05, 0.1) is 6.61 Å². The predicted molar refractivity (Wildman–Crippen MR) is 45.4 cm³/mol. The summed E-state index contributed by atoms with van der Waals surface area (Å²) in [6, 6.07) is 0. The van der Waals surface area contributed by atoms with E-state index in [-0.39, 0.29) is 0 Å². The molecular weight excluding hydrogens is 247 g/mol. The molecule has 0 aromatic rings. The maximum absolute atomic E-state index is 10.3. The van der Waals surface area contributed by atoms with E-state index in [9.17, 15) is 19.7 Å². The molecule has 6 atom stereocenters. The number of rotatable bonds is 3. The Morgan fingerprint density at radius 1 is 1.12 bits per heavy atom. The van der Waals surface area contributed by atoms with E-state index in [4.69, 9.17) is 15.1 Å². The minimum atomic E-state index is -4.98. The van der Waals surface area contributed by atoms with E-state index in [1.54, 1.807) is 0 Å². The summed E-state index contributed by atoms with van der Waals surface area (Å²) < 4.78 is 18.8. The molecule has 0 saturated carbocycles. The Labute approximate surface area is 90.1 Å². The molecule has 1 aliphatic heterocycles. The summed E-state index contributed by atoms with van der Waals surface area (Å²) >= 11 is 0. The van der Waals surface area contributed by atoms with Crippen molar-refractivity contribution in [2.24, 2.45) is 0 Å². The van der Waals surface area contributed by atoms with Gasteiger partial charge in [-0.3, -0.25) is 4.52 Å². The molecular formula is C6H12O9P. The normalized spacial score (nSPS) is 41.0. The fraction of sp³-hybridized carbons (Fsp3) is 1.00. The number of hydrogen-bond acceptors (Lipinski definition) is 7. The fourth-order valence-corrected chi connectivity index (χ4v) is 1.57. The van der Waals surface area contributed by atoms with Crippen molar-refractivity contribution in [3.8, 4) is 0 Å². The van der Waals surface area contributed by atoms with Crippen molar-refractivity contribution in [3.63, 3.8) is 0 Å². The van der Waals surface area contributed by atoms with Gasteiger partial charge in [0, 0.05) is 0 Å². The van der Waals surface area contributed by atoms with Gasteiger partial charge in [-0.1, -0.05) is 0 Å². The molecule has 1 fully saturated rings. The van der Waals surface area contributed by atoms with Crippen LogP contribution >= 0.6 is 7.82 Å². The summed E-state index contributed by atoms with van der Waals surface area (Å²) in [6.07, 6.45) is -8.23. The van der Waals surface area contributed by atoms with Gasteiger partial charge in [-0.2, -0.15) is 0 Å². The van der Waals surface area contributed by atoms with E-state index >= 15 is 0 Å². The minimum absolute atomic E-state index is 0.792. The van der Waals surface area contributed by atoms with Crippen LogP contribution < -0.4 is 0 Å². The number of hydrogen-bond donors (Lipinski definition) is 5. The van der Waals surface area contributed by atoms with Crippen molar-refractivity contribution < 1.29 is 44.0 Å². The monoisotopic (exact) mass is 259 g/mol. The maximum atomic E-state index is 10.3. The van der Waals surface area contributed by atoms with E-state index in [0.29, 0.717) is 0 Å². The predicted octanol–water partition coefficient (Wildman–Crippen LogP) is -2.67. The van der Waals surface area contributed by atoms with E-state index in [0.717, 1.165) is 0 Å². The second-order valence-electron chi connectivity index (χ2n) is 3.30. The summed E-state index contributed by atoms with van der Waals surface area (Å²) in [6.45, 7) is -0.792. The highest BCUT2D eigenvalue weighted by Gasteiger charge is 2.43. The van der Waals surface area contributed by atoms with Gasteiger partial charge in [-0.25, -0.2) is 4.57 Å². The number of aliphatic hydroxyl groups is 4. The maximum Gasteiger partial charge on any atom is 0.500 e. The van der Waals surface area contributed by atoms with Crippen molar-refractivity contribution in [2.45, 2.75) is 30.7 Å². The zero-order valence-electron chi connectivity index (χ0n) is 7.91. The summed E-state index contributed by atoms with van der Waals surface area (Å²) in [7, 11) is -4.98. The molecule has 1 saturated heterocycles. The van der Waals surface area contributed by atoms with Crippen LogP contribution in [0.1, 0.15) is 0 Å². The molecule has 0 aliphatic carbocycles. The summed E-state index contributed by atoms with van der Waals surface area (Å²) in [5, 5.41) is 36.7. The van der Waals surface area contributed by atoms with Gasteiger partial charge in [0.25, 0.3) is 0 Å². The van der Waals surface area contributed by atoms with Gasteiger partial charge in [-0.15, -0.1) is 4.89 Å². The smallest absolute Gasteiger partial charge is 0.387 e. The highest BCUT2D eigenvalue weighted by molar-refractivity contribution is 7.46. The zero-order valence-corrected chi connectivity index (χ0v) is 8.80. The fourth-order valence-electron chi connectivity index (χ4n) is 1.24. The average molecular weight is 259 g/mol. The van der Waals surface area contributed by atoms with Crippen molar-refractivity contribution in [1.82, 2.24) is 0 Å². The molecule has 0 amide bonds. The number of ether oxygens (including phenoxy) is 1. The third-order valence-electron chi connectivity index (χ3n) is 2.09. The SMILES string of the molecule is [O]P(=O)(O)OC[C@H]1O[C@H](O)[C@H](O)[C@@H](O)[C@@H]1O. The summed E-state index contributed by atoms with van der Waals surface area (Å²) in [4.78, 5) is 18.5. The lowest BCUT2D eigenvalue weighted by Crippen LogP contribution is -2.58. The zero-order chi connectivity index (χ0) is 12.5. The first-order valence-corrected chi connectivity index (χ1v) is 5.78. The molecule has 1 aliphatic rings. The van der Waals surface area contributed by atoms with E-state index < -0.39 is 45.1 Å². The Bertz CT molecular complexity index is 277. The Morgan fingerprint density at radius 3 is 2.19 bits per heavy atom. The van der Waals surface area contributed by atoms with Gasteiger partial charge < -0.3 is 30.1 Å². The molecule has 1 rings (SSSR count). The van der Waals surface area contributed by atoms with Gasteiger partial charge >= 0.3 is 7.82 Å². The molecule has 1 unspecified atom stereocenters. The van der Waals surface area contributed by atoms with Crippen LogP contribution in [0.4, 0.5) is 0 Å². The standard InChI is InChI=1S/C6H12O9P/c7-3-2(1-14-16(11,12)13)15-6(10)5(9)4(3)8/h2-10H,1H2,(H,11,12)/t2-,3-,4+,5-,6+/m1/s1. The highest BCUT2D eigenvalue weighted by atomic mass is 31.2. The Kier molecular flexibility index (Phi) is 4.41. The Morgan fingerprint density at radius 2 is 1.69 bits per heavy atom. The van der Waals surface area contributed by atoms with Crippen LogP contribution in [-0.4, -0.2) is 62.6 Å². The van der Waals surface area contributed by atoms with Crippen molar-refractivity contribution >= 4 is 7.82 Å². The largest absolute Gasteiger partial charge is 0.500 e. The lowest BCUT2D eigenvalue weighted by molar-refractivity contribution is -0.285. The molecule has 0 aromatic heterocycles. The third kappa shape index (κ3) is 3.45. The van der Waals surface area contributed by atoms with E-state index in [2.05, 4.69) is 9.26 Å². The van der Waals surface area contributed by atoms with Crippen LogP contribution in [0.25, 0.3) is 0 Å². The first-order chi connectivity index (χ1) is 7.22. The summed E-state index contributed by atoms with van der Waals surface area (Å²) in [5.74, 6) is 0. The molecule has 16 heavy (non-hydrogen) atoms. The van der Waals surface area contributed by atoms with Crippen LogP contribution in [0.2, 0.25) is 0 Å². The topological polar surface area (TPSA) is 157 Å². The van der Waals surface area contributed by atoms with Crippen molar-refractivity contribution in [3.05, 3.63) is 0 Å². The highest BCUT2D eigenvalue weighted by Crippen LogP contribution is 2.38. The number of aliphatic hydroxyl groups excluding tert-OH is 4. The Hall–Kier alpha value is -0.0900. The van der Waals surface area contributed by atoms with Crippen LogP contribution in [-0.2, 0) is 18.7 Å². The minimum Gasteiger partial charge on any atom is -0.387 e. The molecule has 9 nitrogen and oxygen atoms in total. The average Bonchev–Trinajstić information content (AvgIpc) is 2.17. The second kappa shape index (κ2) is 5.05. The van der Waals surface area contributed by atoms with Crippen LogP contribution in [0.3, 0.4) is 0 Å². The van der Waals surface area contributed by atoms with Gasteiger partial charge in [-0.05, 0) is 0 Å². The first-order valence-electron chi connectivity index (χ1n) is 4.28. The van der Waals surface area contributed by atoms with Crippen molar-refractivity contribution in [2.75, 3.05) is 6.61 Å².